The van der Waals surface area contributed by atoms with E-state index in [2.05, 4.69) is 11.9 Å². The van der Waals surface area contributed by atoms with Gasteiger partial charge in [-0.05, 0) is 29.7 Å². The second kappa shape index (κ2) is 4.96. The van der Waals surface area contributed by atoms with E-state index >= 15 is 0 Å². The van der Waals surface area contributed by atoms with Gasteiger partial charge in [-0.25, -0.2) is 9.59 Å². The minimum Gasteiger partial charge on any atom is -0.423 e. The first-order chi connectivity index (χ1) is 11.5. The molecule has 0 saturated heterocycles. The predicted octanol–water partition coefficient (Wildman–Crippen LogP) is 3.93. The highest BCUT2D eigenvalue weighted by molar-refractivity contribution is 6.06. The second-order valence-electron chi connectivity index (χ2n) is 6.14. The van der Waals surface area contributed by atoms with Crippen LogP contribution in [0.5, 0.6) is 0 Å². The highest BCUT2D eigenvalue weighted by Gasteiger charge is 2.27. The lowest BCUT2D eigenvalue weighted by Crippen LogP contribution is -2.15. The third-order valence-electron chi connectivity index (χ3n) is 4.23. The van der Waals surface area contributed by atoms with Crippen LogP contribution in [0.15, 0.2) is 55.3 Å². The summed E-state index contributed by atoms with van der Waals surface area (Å²) in [6.45, 7) is 8.10. The molecule has 3 aromatic rings. The van der Waals surface area contributed by atoms with Gasteiger partial charge in [-0.15, -0.1) is 0 Å². The molecule has 0 aliphatic carbocycles. The van der Waals surface area contributed by atoms with Crippen molar-refractivity contribution in [2.45, 2.75) is 19.8 Å². The molecule has 0 amide bonds. The van der Waals surface area contributed by atoms with Crippen molar-refractivity contribution < 1.29 is 8.83 Å². The Bertz CT molecular complexity index is 1120. The van der Waals surface area contributed by atoms with Crippen molar-refractivity contribution in [3.05, 3.63) is 68.9 Å². The largest absolute Gasteiger partial charge is 0.423 e. The van der Waals surface area contributed by atoms with Crippen LogP contribution in [0.3, 0.4) is 0 Å². The molecular weight excluding hydrogens is 306 g/mol. The molecule has 1 aliphatic heterocycles. The fourth-order valence-corrected chi connectivity index (χ4v) is 3.18. The number of nitrogens with one attached hydrogen (secondary N) is 1. The Kier molecular flexibility index (Phi) is 3.00. The molecule has 0 spiro atoms. The third kappa shape index (κ3) is 2.01. The zero-order valence-electron chi connectivity index (χ0n) is 13.3. The van der Waals surface area contributed by atoms with E-state index in [4.69, 9.17) is 8.83 Å². The number of benzene rings is 1. The van der Waals surface area contributed by atoms with Crippen molar-refractivity contribution >= 4 is 22.4 Å². The zero-order chi connectivity index (χ0) is 17.0. The number of rotatable bonds is 1. The van der Waals surface area contributed by atoms with Crippen molar-refractivity contribution in [3.63, 3.8) is 0 Å². The third-order valence-corrected chi connectivity index (χ3v) is 4.23. The molecule has 1 aliphatic rings. The molecule has 4 rings (SSSR count). The summed E-state index contributed by atoms with van der Waals surface area (Å²) in [5.74, 6) is 0.597. The predicted molar refractivity (Wildman–Crippen MR) is 93.2 cm³/mol. The topological polar surface area (TPSA) is 72.5 Å². The molecule has 0 saturated carbocycles. The summed E-state index contributed by atoms with van der Waals surface area (Å²) in [5.41, 5.74) is 3.42. The molecule has 0 radical (unpaired) electrons. The number of hydrogen-bond donors (Lipinski definition) is 1. The monoisotopic (exact) mass is 321 g/mol. The van der Waals surface area contributed by atoms with E-state index in [0.29, 0.717) is 28.0 Å². The van der Waals surface area contributed by atoms with Crippen LogP contribution in [-0.2, 0) is 0 Å². The summed E-state index contributed by atoms with van der Waals surface area (Å²) >= 11 is 0. The second-order valence-corrected chi connectivity index (χ2v) is 6.14. The average Bonchev–Trinajstić information content (AvgIpc) is 2.53. The van der Waals surface area contributed by atoms with E-state index < -0.39 is 11.3 Å². The van der Waals surface area contributed by atoms with Crippen molar-refractivity contribution in [1.82, 2.24) is 0 Å². The number of anilines is 1. The average molecular weight is 321 g/mol. The Labute approximate surface area is 137 Å². The molecule has 5 heteroatoms. The van der Waals surface area contributed by atoms with Crippen molar-refractivity contribution in [3.8, 4) is 11.3 Å². The van der Waals surface area contributed by atoms with Gasteiger partial charge in [0.25, 0.3) is 0 Å². The normalized spacial score (nSPS) is 12.9. The first-order valence-corrected chi connectivity index (χ1v) is 7.67. The Morgan fingerprint density at radius 1 is 1.00 bits per heavy atom. The minimum absolute atomic E-state index is 0.135. The maximum Gasteiger partial charge on any atom is 0.336 e. The Hall–Kier alpha value is -3.08. The van der Waals surface area contributed by atoms with Crippen LogP contribution in [0, 0.1) is 0 Å². The quantitative estimate of drug-likeness (QED) is 0.687. The summed E-state index contributed by atoms with van der Waals surface area (Å²) in [6.07, 6.45) is 0. The van der Waals surface area contributed by atoms with Crippen molar-refractivity contribution in [2.24, 2.45) is 0 Å². The standard InChI is InChI=1S/C19H15NO4/c1-9(2)12-8-16(22)24-19-17(12)10(3)20-13-5-6-14-11(18(13)19)4-7-15(21)23-14/h4-9,20H,3H2,1-2H3. The Morgan fingerprint density at radius 2 is 1.79 bits per heavy atom. The lowest BCUT2D eigenvalue weighted by atomic mass is 9.89. The molecule has 3 heterocycles. The van der Waals surface area contributed by atoms with E-state index in [1.807, 2.05) is 13.8 Å². The summed E-state index contributed by atoms with van der Waals surface area (Å²) in [7, 11) is 0. The summed E-state index contributed by atoms with van der Waals surface area (Å²) in [5, 5.41) is 3.97. The summed E-state index contributed by atoms with van der Waals surface area (Å²) < 4.78 is 10.8. The zero-order valence-corrected chi connectivity index (χ0v) is 13.3. The molecular formula is C19H15NO4. The van der Waals surface area contributed by atoms with E-state index in [1.165, 1.54) is 12.1 Å². The minimum atomic E-state index is -0.423. The first-order valence-electron chi connectivity index (χ1n) is 7.67. The molecule has 120 valence electrons. The molecule has 0 bridgehead atoms. The number of hydrogen-bond acceptors (Lipinski definition) is 5. The Balaban J connectivity index is 2.18. The van der Waals surface area contributed by atoms with Gasteiger partial charge in [0.2, 0.25) is 0 Å². The highest BCUT2D eigenvalue weighted by atomic mass is 16.4. The van der Waals surface area contributed by atoms with Gasteiger partial charge < -0.3 is 14.2 Å². The van der Waals surface area contributed by atoms with Crippen LogP contribution in [0.2, 0.25) is 0 Å². The Morgan fingerprint density at radius 3 is 2.54 bits per heavy atom. The van der Waals surface area contributed by atoms with Gasteiger partial charge >= 0.3 is 11.3 Å². The SMILES string of the molecule is C=C1Nc2ccc3oc(=O)ccc3c2-c2oc(=O)cc(C(C)C)c21. The van der Waals surface area contributed by atoms with Crippen LogP contribution >= 0.6 is 0 Å². The molecule has 1 N–H and O–H groups in total. The maximum absolute atomic E-state index is 12.1. The molecule has 1 aromatic carbocycles. The number of fused-ring (bicyclic) bond motifs is 5. The molecule has 0 fully saturated rings. The van der Waals surface area contributed by atoms with Gasteiger partial charge in [0.05, 0.1) is 11.3 Å². The fraction of sp³-hybridized carbons (Fsp3) is 0.158. The van der Waals surface area contributed by atoms with Crippen LogP contribution in [0.1, 0.15) is 30.9 Å². The highest BCUT2D eigenvalue weighted by Crippen LogP contribution is 2.45. The van der Waals surface area contributed by atoms with Crippen LogP contribution < -0.4 is 16.6 Å². The molecule has 2 aromatic heterocycles. The maximum atomic E-state index is 12.1. The van der Waals surface area contributed by atoms with Crippen LogP contribution in [-0.4, -0.2) is 0 Å². The molecule has 5 nitrogen and oxygen atoms in total. The smallest absolute Gasteiger partial charge is 0.336 e. The van der Waals surface area contributed by atoms with Gasteiger partial charge in [0, 0.05) is 28.8 Å². The van der Waals surface area contributed by atoms with Gasteiger partial charge in [-0.1, -0.05) is 20.4 Å². The van der Waals surface area contributed by atoms with E-state index in [0.717, 1.165) is 16.8 Å². The van der Waals surface area contributed by atoms with Gasteiger partial charge in [-0.2, -0.15) is 0 Å². The van der Waals surface area contributed by atoms with Crippen LogP contribution in [0.4, 0.5) is 5.69 Å². The summed E-state index contributed by atoms with van der Waals surface area (Å²) in [4.78, 5) is 23.6. The van der Waals surface area contributed by atoms with Gasteiger partial charge in [-0.3, -0.25) is 0 Å². The summed E-state index contributed by atoms with van der Waals surface area (Å²) in [6, 6.07) is 8.05. The lowest BCUT2D eigenvalue weighted by molar-refractivity contribution is 0.519. The van der Waals surface area contributed by atoms with Gasteiger partial charge in [0.15, 0.2) is 5.76 Å². The molecule has 24 heavy (non-hydrogen) atoms. The molecule has 0 unspecified atom stereocenters. The lowest BCUT2D eigenvalue weighted by Gasteiger charge is -2.25. The fourth-order valence-electron chi connectivity index (χ4n) is 3.18. The van der Waals surface area contributed by atoms with Crippen molar-refractivity contribution in [2.75, 3.05) is 5.32 Å². The van der Waals surface area contributed by atoms with E-state index in [-0.39, 0.29) is 5.92 Å². The van der Waals surface area contributed by atoms with Gasteiger partial charge in [0.1, 0.15) is 5.58 Å². The van der Waals surface area contributed by atoms with Crippen molar-refractivity contribution in [1.29, 1.82) is 0 Å². The first kappa shape index (κ1) is 14.5. The van der Waals surface area contributed by atoms with Crippen LogP contribution in [0.25, 0.3) is 28.0 Å². The molecule has 0 atom stereocenters. The van der Waals surface area contributed by atoms with E-state index in [1.54, 1.807) is 18.2 Å². The van der Waals surface area contributed by atoms with E-state index in [9.17, 15) is 9.59 Å².